The molecule has 5 nitrogen and oxygen atoms in total. The van der Waals surface area contributed by atoms with Crippen molar-refractivity contribution >= 4 is 22.8 Å². The zero-order chi connectivity index (χ0) is 17.4. The Morgan fingerprint density at radius 2 is 2.00 bits per heavy atom. The van der Waals surface area contributed by atoms with Gasteiger partial charge in [0.1, 0.15) is 0 Å². The van der Waals surface area contributed by atoms with E-state index >= 15 is 0 Å². The van der Waals surface area contributed by atoms with Crippen LogP contribution in [-0.2, 0) is 4.79 Å². The molecule has 0 radical (unpaired) electrons. The number of hydrogen-bond donors (Lipinski definition) is 1. The molecule has 1 amide bonds. The maximum absolute atomic E-state index is 13.1. The van der Waals surface area contributed by atoms with Gasteiger partial charge in [-0.05, 0) is 31.4 Å². The smallest absolute Gasteiger partial charge is 0.308 e. The Balaban J connectivity index is 2.05. The molecule has 1 saturated heterocycles. The number of carbonyl (C=O) groups is 2. The molecule has 1 fully saturated rings. The second-order valence-electron chi connectivity index (χ2n) is 6.74. The standard InChI is InChI=1S/C19H22N2O3/c1-11(2)17-10-15(14-6-4-5-7-16(14)20-17)18(22)21-9-8-13(12(21)3)19(23)24/h4-7,10-13H,8-9H2,1-3H3,(H,23,24). The molecule has 126 valence electrons. The van der Waals surface area contributed by atoms with Crippen LogP contribution in [0.3, 0.4) is 0 Å². The Morgan fingerprint density at radius 1 is 1.29 bits per heavy atom. The predicted molar refractivity (Wildman–Crippen MR) is 92.1 cm³/mol. The molecule has 2 aromatic rings. The minimum absolute atomic E-state index is 0.105. The second-order valence-corrected chi connectivity index (χ2v) is 6.74. The number of carboxylic acids is 1. The van der Waals surface area contributed by atoms with Gasteiger partial charge in [-0.25, -0.2) is 0 Å². The predicted octanol–water partition coefficient (Wildman–Crippen LogP) is 3.29. The number of para-hydroxylation sites is 1. The van der Waals surface area contributed by atoms with Crippen LogP contribution in [0.5, 0.6) is 0 Å². The summed E-state index contributed by atoms with van der Waals surface area (Å²) in [5.41, 5.74) is 2.29. The summed E-state index contributed by atoms with van der Waals surface area (Å²) >= 11 is 0. The van der Waals surface area contributed by atoms with Crippen molar-refractivity contribution in [2.45, 2.75) is 39.2 Å². The zero-order valence-electron chi connectivity index (χ0n) is 14.2. The molecule has 1 aliphatic heterocycles. The van der Waals surface area contributed by atoms with Gasteiger partial charge in [0.25, 0.3) is 5.91 Å². The lowest BCUT2D eigenvalue weighted by Crippen LogP contribution is -2.37. The maximum atomic E-state index is 13.1. The van der Waals surface area contributed by atoms with E-state index in [0.717, 1.165) is 16.6 Å². The maximum Gasteiger partial charge on any atom is 0.308 e. The van der Waals surface area contributed by atoms with Gasteiger partial charge in [0.15, 0.2) is 0 Å². The van der Waals surface area contributed by atoms with Gasteiger partial charge in [-0.2, -0.15) is 0 Å². The molecular formula is C19H22N2O3. The minimum atomic E-state index is -0.833. The first-order chi connectivity index (χ1) is 11.4. The molecule has 0 spiro atoms. The molecule has 0 saturated carbocycles. The third-order valence-corrected chi connectivity index (χ3v) is 4.89. The molecule has 0 bridgehead atoms. The first kappa shape index (κ1) is 16.4. The Labute approximate surface area is 141 Å². The van der Waals surface area contributed by atoms with Crippen LogP contribution in [0, 0.1) is 5.92 Å². The molecule has 3 rings (SSSR count). The van der Waals surface area contributed by atoms with Gasteiger partial charge in [0.05, 0.1) is 17.0 Å². The summed E-state index contributed by atoms with van der Waals surface area (Å²) in [6.45, 7) is 6.38. The summed E-state index contributed by atoms with van der Waals surface area (Å²) in [6, 6.07) is 9.16. The van der Waals surface area contributed by atoms with E-state index in [0.29, 0.717) is 18.5 Å². The average Bonchev–Trinajstić information content (AvgIpc) is 2.94. The van der Waals surface area contributed by atoms with Gasteiger partial charge >= 0.3 is 5.97 Å². The second kappa shape index (κ2) is 6.23. The van der Waals surface area contributed by atoms with E-state index in [4.69, 9.17) is 0 Å². The van der Waals surface area contributed by atoms with Crippen LogP contribution in [0.1, 0.15) is 49.2 Å². The van der Waals surface area contributed by atoms with Gasteiger partial charge < -0.3 is 10.0 Å². The fraction of sp³-hybridized carbons (Fsp3) is 0.421. The van der Waals surface area contributed by atoms with Crippen LogP contribution in [0.4, 0.5) is 0 Å². The van der Waals surface area contributed by atoms with Crippen LogP contribution >= 0.6 is 0 Å². The quantitative estimate of drug-likeness (QED) is 0.939. The van der Waals surface area contributed by atoms with Gasteiger partial charge in [-0.15, -0.1) is 0 Å². The van der Waals surface area contributed by atoms with E-state index in [1.807, 2.05) is 51.1 Å². The number of rotatable bonds is 3. The molecule has 5 heteroatoms. The normalized spacial score (nSPS) is 20.8. The topological polar surface area (TPSA) is 70.5 Å². The molecule has 2 heterocycles. The lowest BCUT2D eigenvalue weighted by molar-refractivity contribution is -0.142. The van der Waals surface area contributed by atoms with Crippen LogP contribution in [-0.4, -0.2) is 39.5 Å². The lowest BCUT2D eigenvalue weighted by Gasteiger charge is -2.24. The third kappa shape index (κ3) is 2.75. The lowest BCUT2D eigenvalue weighted by atomic mass is 10.0. The fourth-order valence-corrected chi connectivity index (χ4v) is 3.38. The largest absolute Gasteiger partial charge is 0.481 e. The average molecular weight is 326 g/mol. The summed E-state index contributed by atoms with van der Waals surface area (Å²) in [7, 11) is 0. The number of benzene rings is 1. The van der Waals surface area contributed by atoms with Crippen molar-refractivity contribution in [3.8, 4) is 0 Å². The molecule has 2 unspecified atom stereocenters. The molecule has 24 heavy (non-hydrogen) atoms. The Morgan fingerprint density at radius 3 is 2.62 bits per heavy atom. The van der Waals surface area contributed by atoms with E-state index in [-0.39, 0.29) is 17.9 Å². The Hall–Kier alpha value is -2.43. The van der Waals surface area contributed by atoms with Crippen molar-refractivity contribution < 1.29 is 14.7 Å². The van der Waals surface area contributed by atoms with E-state index in [1.54, 1.807) is 4.90 Å². The molecule has 1 N–H and O–H groups in total. The van der Waals surface area contributed by atoms with Crippen LogP contribution in [0.25, 0.3) is 10.9 Å². The highest BCUT2D eigenvalue weighted by molar-refractivity contribution is 6.06. The highest BCUT2D eigenvalue weighted by Gasteiger charge is 2.38. The monoisotopic (exact) mass is 326 g/mol. The van der Waals surface area contributed by atoms with E-state index in [9.17, 15) is 14.7 Å². The summed E-state index contributed by atoms with van der Waals surface area (Å²) in [4.78, 5) is 30.8. The van der Waals surface area contributed by atoms with Crippen molar-refractivity contribution in [3.63, 3.8) is 0 Å². The van der Waals surface area contributed by atoms with Crippen LogP contribution in [0.2, 0.25) is 0 Å². The minimum Gasteiger partial charge on any atom is -0.481 e. The number of aromatic nitrogens is 1. The third-order valence-electron chi connectivity index (χ3n) is 4.89. The highest BCUT2D eigenvalue weighted by atomic mass is 16.4. The number of aliphatic carboxylic acids is 1. The fourth-order valence-electron chi connectivity index (χ4n) is 3.38. The Bertz CT molecular complexity index is 800. The van der Waals surface area contributed by atoms with Crippen molar-refractivity contribution in [2.24, 2.45) is 5.92 Å². The SMILES string of the molecule is CC(C)c1cc(C(=O)N2CCC(C(=O)O)C2C)c2ccccc2n1. The molecule has 1 aromatic heterocycles. The number of pyridine rings is 1. The van der Waals surface area contributed by atoms with Crippen molar-refractivity contribution in [3.05, 3.63) is 41.6 Å². The zero-order valence-corrected chi connectivity index (χ0v) is 14.2. The molecule has 1 aromatic carbocycles. The summed E-state index contributed by atoms with van der Waals surface area (Å²) in [6.07, 6.45) is 0.502. The van der Waals surface area contributed by atoms with E-state index in [1.165, 1.54) is 0 Å². The number of hydrogen-bond acceptors (Lipinski definition) is 3. The first-order valence-corrected chi connectivity index (χ1v) is 8.33. The number of fused-ring (bicyclic) bond motifs is 1. The first-order valence-electron chi connectivity index (χ1n) is 8.33. The molecule has 0 aliphatic carbocycles. The van der Waals surface area contributed by atoms with Gasteiger partial charge in [0.2, 0.25) is 0 Å². The molecule has 2 atom stereocenters. The van der Waals surface area contributed by atoms with Crippen LogP contribution in [0.15, 0.2) is 30.3 Å². The number of likely N-dealkylation sites (tertiary alicyclic amines) is 1. The van der Waals surface area contributed by atoms with Crippen molar-refractivity contribution in [1.82, 2.24) is 9.88 Å². The van der Waals surface area contributed by atoms with E-state index in [2.05, 4.69) is 4.98 Å². The number of amides is 1. The van der Waals surface area contributed by atoms with Gasteiger partial charge in [-0.1, -0.05) is 32.0 Å². The molecular weight excluding hydrogens is 304 g/mol. The number of carboxylic acid groups (broad SMARTS) is 1. The van der Waals surface area contributed by atoms with Crippen molar-refractivity contribution in [2.75, 3.05) is 6.54 Å². The summed E-state index contributed by atoms with van der Waals surface area (Å²) in [5.74, 6) is -1.22. The molecule has 1 aliphatic rings. The number of carbonyl (C=O) groups excluding carboxylic acids is 1. The van der Waals surface area contributed by atoms with Gasteiger partial charge in [0, 0.05) is 23.7 Å². The van der Waals surface area contributed by atoms with Crippen LogP contribution < -0.4 is 0 Å². The summed E-state index contributed by atoms with van der Waals surface area (Å²) < 4.78 is 0. The number of nitrogens with zero attached hydrogens (tertiary/aromatic N) is 2. The Kier molecular flexibility index (Phi) is 4.26. The summed E-state index contributed by atoms with van der Waals surface area (Å²) in [5, 5.41) is 10.1. The van der Waals surface area contributed by atoms with Gasteiger partial charge in [-0.3, -0.25) is 14.6 Å². The van der Waals surface area contributed by atoms with E-state index < -0.39 is 11.9 Å². The highest BCUT2D eigenvalue weighted by Crippen LogP contribution is 2.29. The van der Waals surface area contributed by atoms with Crippen molar-refractivity contribution in [1.29, 1.82) is 0 Å².